The van der Waals surface area contributed by atoms with Gasteiger partial charge in [-0.3, -0.25) is 4.79 Å². The number of aliphatic carboxylic acids is 1. The molecule has 0 aromatic heterocycles. The number of nitrogens with one attached hydrogen (secondary N) is 1. The van der Waals surface area contributed by atoms with Gasteiger partial charge in [-0.2, -0.15) is 0 Å². The normalized spacial score (nSPS) is 21.1. The maximum Gasteiger partial charge on any atom is 0.337 e. The van der Waals surface area contributed by atoms with Crippen molar-refractivity contribution in [3.05, 3.63) is 0 Å². The number of carboxylic acids is 1. The van der Waals surface area contributed by atoms with Crippen LogP contribution in [0.2, 0.25) is 0 Å². The maximum absolute atomic E-state index is 11.6. The second kappa shape index (κ2) is 5.01. The second-order valence-corrected chi connectivity index (χ2v) is 4.77. The number of rotatable bonds is 6. The topological polar surface area (TPSA) is 95.9 Å². The van der Waals surface area contributed by atoms with Crippen LogP contribution in [0.1, 0.15) is 32.6 Å². The van der Waals surface area contributed by atoms with Crippen LogP contribution in [0.25, 0.3) is 0 Å². The van der Waals surface area contributed by atoms with Crippen molar-refractivity contribution in [2.45, 2.75) is 43.8 Å². The van der Waals surface area contributed by atoms with Gasteiger partial charge in [0.1, 0.15) is 0 Å². The molecular weight excluding hydrogens is 226 g/mol. The van der Waals surface area contributed by atoms with Crippen molar-refractivity contribution in [2.75, 3.05) is 13.7 Å². The Morgan fingerprint density at radius 3 is 2.41 bits per heavy atom. The molecule has 0 aliphatic heterocycles. The Kier molecular flexibility index (Phi) is 4.11. The van der Waals surface area contributed by atoms with E-state index < -0.39 is 11.6 Å². The van der Waals surface area contributed by atoms with Crippen molar-refractivity contribution >= 4 is 11.9 Å². The molecule has 1 rings (SSSR count). The monoisotopic (exact) mass is 245 g/mol. The average Bonchev–Trinajstić information content (AvgIpc) is 2.20. The Morgan fingerprint density at radius 1 is 1.47 bits per heavy atom. The van der Waals surface area contributed by atoms with Gasteiger partial charge >= 0.3 is 5.97 Å². The molecular formula is C11H19NO5. The fourth-order valence-corrected chi connectivity index (χ4v) is 1.73. The van der Waals surface area contributed by atoms with Gasteiger partial charge in [-0.15, -0.1) is 0 Å². The van der Waals surface area contributed by atoms with Crippen LogP contribution in [0.3, 0.4) is 0 Å². The van der Waals surface area contributed by atoms with Gasteiger partial charge in [0, 0.05) is 7.11 Å². The third-order valence-corrected chi connectivity index (χ3v) is 3.27. The van der Waals surface area contributed by atoms with Crippen LogP contribution in [-0.2, 0) is 14.3 Å². The standard InChI is InChI=1S/C11H19NO5/c1-10(16,9(14)15)7-12-8(13)6-11(17-2)4-3-5-11/h16H,3-7H2,1-2H3,(H,12,13)(H,14,15). The van der Waals surface area contributed by atoms with E-state index in [1.54, 1.807) is 7.11 Å². The zero-order valence-electron chi connectivity index (χ0n) is 10.2. The first kappa shape index (κ1) is 13.9. The molecule has 0 bridgehead atoms. The van der Waals surface area contributed by atoms with Gasteiger partial charge < -0.3 is 20.3 Å². The number of ether oxygens (including phenoxy) is 1. The fraction of sp³-hybridized carbons (Fsp3) is 0.818. The van der Waals surface area contributed by atoms with Gasteiger partial charge in [0.05, 0.1) is 18.6 Å². The van der Waals surface area contributed by atoms with Gasteiger partial charge in [0.25, 0.3) is 0 Å². The first-order valence-corrected chi connectivity index (χ1v) is 5.59. The summed E-state index contributed by atoms with van der Waals surface area (Å²) in [6, 6.07) is 0. The Bertz CT molecular complexity index is 303. The summed E-state index contributed by atoms with van der Waals surface area (Å²) in [5, 5.41) is 20.5. The molecule has 1 aliphatic carbocycles. The molecule has 1 amide bonds. The van der Waals surface area contributed by atoms with Crippen LogP contribution >= 0.6 is 0 Å². The van der Waals surface area contributed by atoms with E-state index in [-0.39, 0.29) is 24.5 Å². The van der Waals surface area contributed by atoms with Gasteiger partial charge in [0.15, 0.2) is 5.60 Å². The molecule has 1 fully saturated rings. The molecule has 0 radical (unpaired) electrons. The lowest BCUT2D eigenvalue weighted by molar-refractivity contribution is -0.156. The smallest absolute Gasteiger partial charge is 0.337 e. The SMILES string of the molecule is COC1(CC(=O)NCC(C)(O)C(=O)O)CCC1. The summed E-state index contributed by atoms with van der Waals surface area (Å²) in [6.07, 6.45) is 2.92. The molecule has 17 heavy (non-hydrogen) atoms. The summed E-state index contributed by atoms with van der Waals surface area (Å²) >= 11 is 0. The van der Waals surface area contributed by atoms with Crippen LogP contribution in [0, 0.1) is 0 Å². The van der Waals surface area contributed by atoms with Crippen LogP contribution in [0.15, 0.2) is 0 Å². The molecule has 0 aromatic rings. The van der Waals surface area contributed by atoms with E-state index in [0.717, 1.165) is 26.2 Å². The molecule has 1 atom stereocenters. The molecule has 0 saturated heterocycles. The Balaban J connectivity index is 2.38. The van der Waals surface area contributed by atoms with Crippen molar-refractivity contribution < 1.29 is 24.5 Å². The predicted octanol–water partition coefficient (Wildman–Crippen LogP) is -0.103. The molecule has 0 heterocycles. The molecule has 0 aromatic carbocycles. The molecule has 0 spiro atoms. The van der Waals surface area contributed by atoms with Crippen molar-refractivity contribution in [3.63, 3.8) is 0 Å². The molecule has 3 N–H and O–H groups in total. The fourth-order valence-electron chi connectivity index (χ4n) is 1.73. The summed E-state index contributed by atoms with van der Waals surface area (Å²) in [4.78, 5) is 22.2. The molecule has 6 heteroatoms. The number of amides is 1. The van der Waals surface area contributed by atoms with E-state index in [2.05, 4.69) is 5.32 Å². The van der Waals surface area contributed by atoms with Crippen molar-refractivity contribution in [1.29, 1.82) is 0 Å². The molecule has 1 unspecified atom stereocenters. The number of hydrogen-bond acceptors (Lipinski definition) is 4. The quantitative estimate of drug-likeness (QED) is 0.607. The lowest BCUT2D eigenvalue weighted by Gasteiger charge is -2.40. The zero-order valence-corrected chi connectivity index (χ0v) is 10.2. The van der Waals surface area contributed by atoms with Gasteiger partial charge in [-0.25, -0.2) is 4.79 Å². The lowest BCUT2D eigenvalue weighted by atomic mass is 9.77. The van der Waals surface area contributed by atoms with Crippen molar-refractivity contribution in [1.82, 2.24) is 5.32 Å². The third kappa shape index (κ3) is 3.41. The number of carbonyl (C=O) groups excluding carboxylic acids is 1. The molecule has 1 aliphatic rings. The van der Waals surface area contributed by atoms with E-state index in [1.165, 1.54) is 0 Å². The number of aliphatic hydroxyl groups is 1. The van der Waals surface area contributed by atoms with Crippen LogP contribution < -0.4 is 5.32 Å². The number of hydrogen-bond donors (Lipinski definition) is 3. The van der Waals surface area contributed by atoms with E-state index >= 15 is 0 Å². The maximum atomic E-state index is 11.6. The summed E-state index contributed by atoms with van der Waals surface area (Å²) in [6.45, 7) is 0.839. The van der Waals surface area contributed by atoms with E-state index in [0.29, 0.717) is 0 Å². The predicted molar refractivity (Wildman–Crippen MR) is 59.5 cm³/mol. The Hall–Kier alpha value is -1.14. The minimum atomic E-state index is -1.94. The number of methoxy groups -OCH3 is 1. The highest BCUT2D eigenvalue weighted by molar-refractivity contribution is 5.80. The first-order chi connectivity index (χ1) is 7.81. The Labute approximate surface area is 100.0 Å². The largest absolute Gasteiger partial charge is 0.479 e. The number of carboxylic acid groups (broad SMARTS) is 1. The second-order valence-electron chi connectivity index (χ2n) is 4.77. The summed E-state index contributed by atoms with van der Waals surface area (Å²) in [7, 11) is 1.57. The number of carbonyl (C=O) groups is 2. The lowest BCUT2D eigenvalue weighted by Crippen LogP contribution is -2.49. The first-order valence-electron chi connectivity index (χ1n) is 5.59. The minimum Gasteiger partial charge on any atom is -0.479 e. The highest BCUT2D eigenvalue weighted by atomic mass is 16.5. The zero-order chi connectivity index (χ0) is 13.1. The van der Waals surface area contributed by atoms with Gasteiger partial charge in [-0.1, -0.05) is 0 Å². The summed E-state index contributed by atoms with van der Waals surface area (Å²) in [5.74, 6) is -1.66. The van der Waals surface area contributed by atoms with Gasteiger partial charge in [-0.05, 0) is 26.2 Å². The van der Waals surface area contributed by atoms with Crippen molar-refractivity contribution in [3.8, 4) is 0 Å². The van der Waals surface area contributed by atoms with E-state index in [9.17, 15) is 14.7 Å². The average molecular weight is 245 g/mol. The van der Waals surface area contributed by atoms with Gasteiger partial charge in [0.2, 0.25) is 5.91 Å². The van der Waals surface area contributed by atoms with Crippen LogP contribution in [0.4, 0.5) is 0 Å². The van der Waals surface area contributed by atoms with E-state index in [1.807, 2.05) is 0 Å². The highest BCUT2D eigenvalue weighted by Gasteiger charge is 2.39. The Morgan fingerprint density at radius 2 is 2.06 bits per heavy atom. The molecule has 1 saturated carbocycles. The van der Waals surface area contributed by atoms with E-state index in [4.69, 9.17) is 9.84 Å². The van der Waals surface area contributed by atoms with Crippen LogP contribution in [0.5, 0.6) is 0 Å². The summed E-state index contributed by atoms with van der Waals surface area (Å²) < 4.78 is 5.28. The molecule has 6 nitrogen and oxygen atoms in total. The third-order valence-electron chi connectivity index (χ3n) is 3.27. The minimum absolute atomic E-state index is 0.208. The van der Waals surface area contributed by atoms with Crippen LogP contribution in [-0.4, -0.2) is 46.9 Å². The van der Waals surface area contributed by atoms with Crippen molar-refractivity contribution in [2.24, 2.45) is 0 Å². The summed E-state index contributed by atoms with van der Waals surface area (Å²) in [5.41, 5.74) is -2.32. The molecule has 98 valence electrons. The highest BCUT2D eigenvalue weighted by Crippen LogP contribution is 2.37.